The molecule has 0 spiro atoms. The topological polar surface area (TPSA) is 98.8 Å². The third kappa shape index (κ3) is 3.09. The lowest BCUT2D eigenvalue weighted by molar-refractivity contribution is -0.130. The lowest BCUT2D eigenvalue weighted by atomic mass is 10.1. The van der Waals surface area contributed by atoms with Crippen LogP contribution in [0.5, 0.6) is 0 Å². The Balaban J connectivity index is 1.43. The first kappa shape index (κ1) is 17.7. The fourth-order valence-corrected chi connectivity index (χ4v) is 3.40. The van der Waals surface area contributed by atoms with Crippen LogP contribution in [0.25, 0.3) is 0 Å². The Morgan fingerprint density at radius 1 is 0.607 bits per heavy atom. The van der Waals surface area contributed by atoms with Gasteiger partial charge in [-0.25, -0.2) is 9.59 Å². The minimum atomic E-state index is -0.756. The van der Waals surface area contributed by atoms with E-state index in [1.165, 1.54) is 0 Å². The van der Waals surface area contributed by atoms with Crippen molar-refractivity contribution in [1.82, 2.24) is 20.4 Å². The zero-order valence-electron chi connectivity index (χ0n) is 14.9. The number of nitrogens with zero attached hydrogens (tertiary/aromatic N) is 2. The number of imide groups is 2. The molecule has 2 heterocycles. The quantitative estimate of drug-likeness (QED) is 0.772. The van der Waals surface area contributed by atoms with E-state index in [-0.39, 0.29) is 13.1 Å². The van der Waals surface area contributed by atoms with Crippen molar-refractivity contribution in [2.45, 2.75) is 12.1 Å². The van der Waals surface area contributed by atoms with Crippen LogP contribution in [0.4, 0.5) is 9.59 Å². The van der Waals surface area contributed by atoms with E-state index in [0.29, 0.717) is 11.1 Å². The van der Waals surface area contributed by atoms with Crippen molar-refractivity contribution in [2.24, 2.45) is 0 Å². The zero-order chi connectivity index (χ0) is 19.7. The number of hydrogen-bond acceptors (Lipinski definition) is 4. The van der Waals surface area contributed by atoms with Crippen LogP contribution in [0.1, 0.15) is 23.2 Å². The van der Waals surface area contributed by atoms with Crippen LogP contribution in [-0.2, 0) is 9.59 Å². The van der Waals surface area contributed by atoms with Gasteiger partial charge in [0.25, 0.3) is 11.8 Å². The average molecular weight is 378 g/mol. The van der Waals surface area contributed by atoms with Crippen LogP contribution in [-0.4, -0.2) is 46.8 Å². The molecule has 6 amide bonds. The Hall–Kier alpha value is -3.68. The highest BCUT2D eigenvalue weighted by molar-refractivity contribution is 6.06. The molecular weight excluding hydrogens is 360 g/mol. The zero-order valence-corrected chi connectivity index (χ0v) is 14.9. The second-order valence-electron chi connectivity index (χ2n) is 6.57. The Kier molecular flexibility index (Phi) is 4.52. The SMILES string of the molecule is O=C1N[C@@H](c2ccccc2)C(=O)N1CCN1C(=O)N[C@H](c2ccccc2)C1=O. The van der Waals surface area contributed by atoms with Gasteiger partial charge in [0.1, 0.15) is 12.1 Å². The molecule has 2 aliphatic heterocycles. The molecule has 0 aliphatic carbocycles. The van der Waals surface area contributed by atoms with Crippen molar-refractivity contribution < 1.29 is 19.2 Å². The van der Waals surface area contributed by atoms with Gasteiger partial charge in [-0.1, -0.05) is 60.7 Å². The maximum Gasteiger partial charge on any atom is 0.325 e. The van der Waals surface area contributed by atoms with Gasteiger partial charge >= 0.3 is 12.1 Å². The van der Waals surface area contributed by atoms with Crippen LogP contribution in [0.15, 0.2) is 60.7 Å². The Morgan fingerprint density at radius 3 is 1.32 bits per heavy atom. The number of hydrogen-bond donors (Lipinski definition) is 2. The molecule has 28 heavy (non-hydrogen) atoms. The van der Waals surface area contributed by atoms with E-state index < -0.39 is 36.0 Å². The average Bonchev–Trinajstić information content (AvgIpc) is 3.17. The molecule has 0 aromatic heterocycles. The summed E-state index contributed by atoms with van der Waals surface area (Å²) in [7, 11) is 0. The van der Waals surface area contributed by atoms with Crippen LogP contribution in [0, 0.1) is 0 Å². The number of nitrogens with one attached hydrogen (secondary N) is 2. The van der Waals surface area contributed by atoms with Crippen LogP contribution < -0.4 is 10.6 Å². The van der Waals surface area contributed by atoms with E-state index in [1.54, 1.807) is 48.5 Å². The predicted molar refractivity (Wildman–Crippen MR) is 98.9 cm³/mol. The lowest BCUT2D eigenvalue weighted by Crippen LogP contribution is -2.41. The Morgan fingerprint density at radius 2 is 0.964 bits per heavy atom. The molecular formula is C20H18N4O4. The van der Waals surface area contributed by atoms with Gasteiger partial charge in [0.2, 0.25) is 0 Å². The molecule has 2 N–H and O–H groups in total. The first-order valence-electron chi connectivity index (χ1n) is 8.90. The van der Waals surface area contributed by atoms with Crippen molar-refractivity contribution in [3.63, 3.8) is 0 Å². The molecule has 8 heteroatoms. The molecule has 0 bridgehead atoms. The summed E-state index contributed by atoms with van der Waals surface area (Å²) in [5.74, 6) is -0.800. The van der Waals surface area contributed by atoms with Crippen molar-refractivity contribution >= 4 is 23.9 Å². The number of urea groups is 2. The standard InChI is InChI=1S/C20H18N4O4/c25-17-15(13-7-3-1-4-8-13)21-19(27)23(17)11-12-24-18(26)16(22-20(24)28)14-9-5-2-6-10-14/h1-10,15-16H,11-12H2,(H,21,27)(H,22,28)/t15-,16+. The summed E-state index contributed by atoms with van der Waals surface area (Å²) < 4.78 is 0. The number of benzene rings is 2. The van der Waals surface area contributed by atoms with Crippen molar-refractivity contribution in [3.05, 3.63) is 71.8 Å². The number of rotatable bonds is 5. The maximum atomic E-state index is 12.6. The van der Waals surface area contributed by atoms with Crippen molar-refractivity contribution in [3.8, 4) is 0 Å². The fourth-order valence-electron chi connectivity index (χ4n) is 3.40. The van der Waals surface area contributed by atoms with E-state index >= 15 is 0 Å². The second-order valence-corrected chi connectivity index (χ2v) is 6.57. The second kappa shape index (κ2) is 7.15. The largest absolute Gasteiger partial charge is 0.325 e. The Labute approximate surface area is 161 Å². The predicted octanol–water partition coefficient (Wildman–Crippen LogP) is 1.57. The maximum absolute atomic E-state index is 12.6. The number of carbonyl (C=O) groups excluding carboxylic acids is 4. The van der Waals surface area contributed by atoms with Gasteiger partial charge < -0.3 is 10.6 Å². The Bertz CT molecular complexity index is 854. The van der Waals surface area contributed by atoms with Crippen LogP contribution >= 0.6 is 0 Å². The summed E-state index contributed by atoms with van der Waals surface area (Å²) in [6.45, 7) is -0.122. The normalized spacial score (nSPS) is 21.9. The third-order valence-corrected chi connectivity index (χ3v) is 4.86. The highest BCUT2D eigenvalue weighted by atomic mass is 16.2. The van der Waals surface area contributed by atoms with Gasteiger partial charge in [0, 0.05) is 13.1 Å². The molecule has 2 aromatic rings. The van der Waals surface area contributed by atoms with E-state index in [4.69, 9.17) is 0 Å². The van der Waals surface area contributed by atoms with Crippen molar-refractivity contribution in [1.29, 1.82) is 0 Å². The summed E-state index contributed by atoms with van der Waals surface area (Å²) in [4.78, 5) is 51.7. The molecule has 0 unspecified atom stereocenters. The van der Waals surface area contributed by atoms with Crippen LogP contribution in [0.3, 0.4) is 0 Å². The molecule has 4 rings (SSSR count). The van der Waals surface area contributed by atoms with Crippen LogP contribution in [0.2, 0.25) is 0 Å². The molecule has 2 atom stereocenters. The van der Waals surface area contributed by atoms with Gasteiger partial charge in [-0.2, -0.15) is 0 Å². The molecule has 0 saturated carbocycles. The van der Waals surface area contributed by atoms with E-state index in [1.807, 2.05) is 12.1 Å². The van der Waals surface area contributed by atoms with Gasteiger partial charge in [-0.15, -0.1) is 0 Å². The van der Waals surface area contributed by atoms with E-state index in [0.717, 1.165) is 9.80 Å². The van der Waals surface area contributed by atoms with E-state index in [9.17, 15) is 19.2 Å². The summed E-state index contributed by atoms with van der Waals surface area (Å²) in [5.41, 5.74) is 1.37. The number of amides is 6. The molecule has 2 aromatic carbocycles. The smallest absolute Gasteiger partial charge is 0.322 e. The van der Waals surface area contributed by atoms with Gasteiger partial charge in [-0.05, 0) is 11.1 Å². The van der Waals surface area contributed by atoms with Gasteiger partial charge in [-0.3, -0.25) is 19.4 Å². The lowest BCUT2D eigenvalue weighted by Gasteiger charge is -2.17. The number of carbonyl (C=O) groups is 4. The van der Waals surface area contributed by atoms with E-state index in [2.05, 4.69) is 10.6 Å². The molecule has 2 fully saturated rings. The summed E-state index contributed by atoms with van der Waals surface area (Å²) in [5, 5.41) is 5.27. The first-order valence-corrected chi connectivity index (χ1v) is 8.90. The minimum Gasteiger partial charge on any atom is -0.322 e. The summed E-state index contributed by atoms with van der Waals surface area (Å²) in [6.07, 6.45) is 0. The molecule has 142 valence electrons. The molecule has 8 nitrogen and oxygen atoms in total. The van der Waals surface area contributed by atoms with Gasteiger partial charge in [0.05, 0.1) is 0 Å². The molecule has 0 radical (unpaired) electrons. The highest BCUT2D eigenvalue weighted by Gasteiger charge is 2.42. The third-order valence-electron chi connectivity index (χ3n) is 4.86. The minimum absolute atomic E-state index is 0.0608. The van der Waals surface area contributed by atoms with Crippen molar-refractivity contribution in [2.75, 3.05) is 13.1 Å². The summed E-state index contributed by atoms with van der Waals surface area (Å²) in [6, 6.07) is 15.2. The monoisotopic (exact) mass is 378 g/mol. The molecule has 2 saturated heterocycles. The summed E-state index contributed by atoms with van der Waals surface area (Å²) >= 11 is 0. The van der Waals surface area contributed by atoms with Gasteiger partial charge in [0.15, 0.2) is 0 Å². The first-order chi connectivity index (χ1) is 13.6. The fraction of sp³-hybridized carbons (Fsp3) is 0.200. The molecule has 2 aliphatic rings. The highest BCUT2D eigenvalue weighted by Crippen LogP contribution is 2.24.